The lowest BCUT2D eigenvalue weighted by Gasteiger charge is -2.12. The average molecular weight is 233 g/mol. The van der Waals surface area contributed by atoms with E-state index in [0.29, 0.717) is 0 Å². The molecule has 0 spiro atoms. The number of fused-ring (bicyclic) bond motifs is 1. The van der Waals surface area contributed by atoms with Gasteiger partial charge < -0.3 is 0 Å². The molecule has 0 fully saturated rings. The van der Waals surface area contributed by atoms with Crippen LogP contribution in [0.15, 0.2) is 36.4 Å². The quantitative estimate of drug-likeness (QED) is 0.668. The Morgan fingerprint density at radius 3 is 2.00 bits per heavy atom. The number of rotatable bonds is 1. The molecule has 0 saturated heterocycles. The predicted molar refractivity (Wildman–Crippen MR) is 78.4 cm³/mol. The summed E-state index contributed by atoms with van der Waals surface area (Å²) in [7, 11) is 0. The molecule has 0 bridgehead atoms. The third kappa shape index (κ3) is 1.78. The normalized spacial score (nSPS) is 13.4. The molecule has 0 aliphatic heterocycles. The van der Waals surface area contributed by atoms with Crippen molar-refractivity contribution in [1.29, 1.82) is 0 Å². The number of aryl methyl sites for hydroxylation is 3. The Hall–Kier alpha value is -1.82. The average Bonchev–Trinajstić information content (AvgIpc) is 2.70. The summed E-state index contributed by atoms with van der Waals surface area (Å²) in [5, 5.41) is 0. The highest BCUT2D eigenvalue weighted by atomic mass is 14.2. The summed E-state index contributed by atoms with van der Waals surface area (Å²) >= 11 is 0. The van der Waals surface area contributed by atoms with E-state index in [9.17, 15) is 0 Å². The third-order valence-corrected chi connectivity index (χ3v) is 3.58. The fraction of sp³-hybridized carbons (Fsp3) is 0.167. The van der Waals surface area contributed by atoms with Gasteiger partial charge in [-0.15, -0.1) is 0 Å². The molecule has 1 radical (unpaired) electrons. The topological polar surface area (TPSA) is 0 Å². The Labute approximate surface area is 109 Å². The van der Waals surface area contributed by atoms with Gasteiger partial charge in [0.25, 0.3) is 0 Å². The molecule has 0 unspecified atom stereocenters. The molecule has 1 aliphatic carbocycles. The number of hydrogen-bond donors (Lipinski definition) is 0. The molecule has 0 saturated carbocycles. The molecule has 0 aromatic heterocycles. The largest absolute Gasteiger partial charge is 0.0619 e. The van der Waals surface area contributed by atoms with Gasteiger partial charge in [-0.2, -0.15) is 0 Å². The van der Waals surface area contributed by atoms with Crippen molar-refractivity contribution in [2.45, 2.75) is 20.8 Å². The van der Waals surface area contributed by atoms with Crippen molar-refractivity contribution in [2.24, 2.45) is 0 Å². The summed E-state index contributed by atoms with van der Waals surface area (Å²) in [4.78, 5) is 0. The van der Waals surface area contributed by atoms with Crippen molar-refractivity contribution in [2.75, 3.05) is 0 Å². The Morgan fingerprint density at radius 2 is 1.39 bits per heavy atom. The van der Waals surface area contributed by atoms with Gasteiger partial charge in [-0.25, -0.2) is 0 Å². The van der Waals surface area contributed by atoms with Crippen LogP contribution in [-0.4, -0.2) is 0 Å². The van der Waals surface area contributed by atoms with Gasteiger partial charge in [-0.3, -0.25) is 0 Å². The molecule has 1 aliphatic rings. The van der Waals surface area contributed by atoms with Crippen molar-refractivity contribution >= 4 is 11.6 Å². The van der Waals surface area contributed by atoms with E-state index < -0.39 is 0 Å². The van der Waals surface area contributed by atoms with Gasteiger partial charge in [0.05, 0.1) is 0 Å². The fourth-order valence-corrected chi connectivity index (χ4v) is 2.93. The van der Waals surface area contributed by atoms with E-state index >= 15 is 0 Å². The fourth-order valence-electron chi connectivity index (χ4n) is 2.93. The highest BCUT2D eigenvalue weighted by Gasteiger charge is 2.17. The third-order valence-electron chi connectivity index (χ3n) is 3.58. The molecule has 0 N–H and O–H groups in total. The predicted octanol–water partition coefficient (Wildman–Crippen LogP) is 4.72. The summed E-state index contributed by atoms with van der Waals surface area (Å²) < 4.78 is 0. The lowest BCUT2D eigenvalue weighted by molar-refractivity contribution is 1.29. The second-order valence-corrected chi connectivity index (χ2v) is 5.15. The number of hydrogen-bond acceptors (Lipinski definition) is 0. The minimum absolute atomic E-state index is 1.33. The van der Waals surface area contributed by atoms with E-state index in [1.165, 1.54) is 39.0 Å². The number of benzene rings is 2. The van der Waals surface area contributed by atoms with Crippen LogP contribution < -0.4 is 0 Å². The first-order valence-electron chi connectivity index (χ1n) is 6.39. The molecule has 3 rings (SSSR count). The maximum absolute atomic E-state index is 2.29. The van der Waals surface area contributed by atoms with Gasteiger partial charge in [0.1, 0.15) is 0 Å². The van der Waals surface area contributed by atoms with Crippen LogP contribution >= 0.6 is 0 Å². The Balaban J connectivity index is 2.10. The maximum atomic E-state index is 2.29. The summed E-state index contributed by atoms with van der Waals surface area (Å²) in [6, 6.07) is 13.1. The smallest absolute Gasteiger partial charge is 0.0211 e. The molecule has 0 heterocycles. The minimum atomic E-state index is 1.33. The zero-order valence-electron chi connectivity index (χ0n) is 11.1. The van der Waals surface area contributed by atoms with Gasteiger partial charge in [0.15, 0.2) is 0 Å². The van der Waals surface area contributed by atoms with E-state index in [0.717, 1.165) is 0 Å². The zero-order chi connectivity index (χ0) is 12.7. The Bertz CT molecular complexity index is 622. The van der Waals surface area contributed by atoms with Crippen LogP contribution in [0.3, 0.4) is 0 Å². The van der Waals surface area contributed by atoms with E-state index in [1.54, 1.807) is 0 Å². The molecule has 2 aromatic carbocycles. The first-order valence-corrected chi connectivity index (χ1v) is 6.39. The Kier molecular flexibility index (Phi) is 2.59. The molecule has 0 atom stereocenters. The van der Waals surface area contributed by atoms with Gasteiger partial charge in [-0.1, -0.05) is 48.0 Å². The summed E-state index contributed by atoms with van der Waals surface area (Å²) in [6.07, 6.45) is 4.58. The SMILES string of the molecule is Cc1cc(C)c(C2=Cc3ccccc3[CH]2)c(C)c1. The maximum Gasteiger partial charge on any atom is 0.0211 e. The first kappa shape index (κ1) is 11.3. The first-order chi connectivity index (χ1) is 8.65. The van der Waals surface area contributed by atoms with E-state index in [-0.39, 0.29) is 0 Å². The van der Waals surface area contributed by atoms with Crippen molar-refractivity contribution < 1.29 is 0 Å². The van der Waals surface area contributed by atoms with Crippen LogP contribution in [0.2, 0.25) is 0 Å². The summed E-state index contributed by atoms with van der Waals surface area (Å²) in [5.41, 5.74) is 9.44. The lowest BCUT2D eigenvalue weighted by atomic mass is 9.93. The minimum Gasteiger partial charge on any atom is -0.0619 e. The lowest BCUT2D eigenvalue weighted by Crippen LogP contribution is -1.93. The molecule has 0 nitrogen and oxygen atoms in total. The van der Waals surface area contributed by atoms with Crippen LogP contribution in [0.25, 0.3) is 11.6 Å². The summed E-state index contributed by atoms with van der Waals surface area (Å²) in [5.74, 6) is 0. The molecule has 89 valence electrons. The second kappa shape index (κ2) is 4.13. The van der Waals surface area contributed by atoms with Crippen molar-refractivity contribution in [1.82, 2.24) is 0 Å². The zero-order valence-corrected chi connectivity index (χ0v) is 11.1. The van der Waals surface area contributed by atoms with Gasteiger partial charge in [0, 0.05) is 6.42 Å². The Morgan fingerprint density at radius 1 is 0.778 bits per heavy atom. The molecule has 0 amide bonds. The van der Waals surface area contributed by atoms with Crippen LogP contribution in [0.5, 0.6) is 0 Å². The van der Waals surface area contributed by atoms with Gasteiger partial charge in [-0.05, 0) is 54.2 Å². The van der Waals surface area contributed by atoms with Crippen molar-refractivity contribution in [3.05, 3.63) is 76.2 Å². The molecule has 18 heavy (non-hydrogen) atoms. The van der Waals surface area contributed by atoms with Crippen LogP contribution in [0.1, 0.15) is 33.4 Å². The van der Waals surface area contributed by atoms with Crippen LogP contribution in [0, 0.1) is 27.2 Å². The molecule has 0 heteroatoms. The molecular formula is C18H17. The van der Waals surface area contributed by atoms with E-state index in [2.05, 4.69) is 69.7 Å². The van der Waals surface area contributed by atoms with Gasteiger partial charge >= 0.3 is 0 Å². The summed E-state index contributed by atoms with van der Waals surface area (Å²) in [6.45, 7) is 6.56. The van der Waals surface area contributed by atoms with E-state index in [4.69, 9.17) is 0 Å². The van der Waals surface area contributed by atoms with Gasteiger partial charge in [0.2, 0.25) is 0 Å². The standard InChI is InChI=1S/C18H17/c1-12-8-13(2)18(14(3)9-12)17-10-15-6-4-5-7-16(15)11-17/h4-11H,1-3H3. The monoisotopic (exact) mass is 233 g/mol. The second-order valence-electron chi connectivity index (χ2n) is 5.15. The molecule has 2 aromatic rings. The van der Waals surface area contributed by atoms with Crippen LogP contribution in [0.4, 0.5) is 0 Å². The van der Waals surface area contributed by atoms with Crippen molar-refractivity contribution in [3.8, 4) is 0 Å². The highest BCUT2D eigenvalue weighted by molar-refractivity contribution is 5.96. The van der Waals surface area contributed by atoms with E-state index in [1.807, 2.05) is 0 Å². The molecular weight excluding hydrogens is 216 g/mol. The van der Waals surface area contributed by atoms with Crippen LogP contribution in [-0.2, 0) is 0 Å². The van der Waals surface area contributed by atoms with Crippen molar-refractivity contribution in [3.63, 3.8) is 0 Å². The highest BCUT2D eigenvalue weighted by Crippen LogP contribution is 2.36. The number of allylic oxidation sites excluding steroid dienone is 1.